The topological polar surface area (TPSA) is 29.5 Å². The predicted octanol–water partition coefficient (Wildman–Crippen LogP) is 3.12. The summed E-state index contributed by atoms with van der Waals surface area (Å²) >= 11 is 1.30. The summed E-state index contributed by atoms with van der Waals surface area (Å²) in [6, 6.07) is 5.04. The van der Waals surface area contributed by atoms with Gasteiger partial charge in [-0.05, 0) is 29.1 Å². The largest absolute Gasteiger partial charge is 0.495 e. The number of rotatable bonds is 3. The molecule has 0 bridgehead atoms. The van der Waals surface area contributed by atoms with Gasteiger partial charge >= 0.3 is 0 Å². The first-order valence-electron chi connectivity index (χ1n) is 4.88. The lowest BCUT2D eigenvalue weighted by Crippen LogP contribution is -2.00. The molecule has 2 aromatic rings. The summed E-state index contributed by atoms with van der Waals surface area (Å²) in [5, 5.41) is 11.8. The van der Waals surface area contributed by atoms with Crippen LogP contribution < -0.4 is 4.74 Å². The smallest absolute Gasteiger partial charge is 0.159 e. The van der Waals surface area contributed by atoms with Crippen LogP contribution in [0.1, 0.15) is 16.5 Å². The van der Waals surface area contributed by atoms with Crippen molar-refractivity contribution in [2.75, 3.05) is 7.11 Å². The number of hydrogen-bond donors (Lipinski definition) is 1. The van der Waals surface area contributed by atoms with Crippen molar-refractivity contribution in [3.8, 4) is 5.75 Å². The van der Waals surface area contributed by atoms with E-state index in [2.05, 4.69) is 0 Å². The van der Waals surface area contributed by atoms with Crippen molar-refractivity contribution in [3.63, 3.8) is 0 Å². The number of benzene rings is 1. The van der Waals surface area contributed by atoms with Crippen LogP contribution in [0.25, 0.3) is 0 Å². The second-order valence-electron chi connectivity index (χ2n) is 3.43. The van der Waals surface area contributed by atoms with Crippen LogP contribution >= 0.6 is 11.3 Å². The van der Waals surface area contributed by atoms with E-state index in [-0.39, 0.29) is 0 Å². The first-order chi connectivity index (χ1) is 8.13. The molecule has 90 valence electrons. The highest BCUT2D eigenvalue weighted by Gasteiger charge is 2.18. The van der Waals surface area contributed by atoms with Gasteiger partial charge in [0.05, 0.1) is 12.0 Å². The number of aliphatic hydroxyl groups is 1. The minimum Gasteiger partial charge on any atom is -0.495 e. The van der Waals surface area contributed by atoms with Crippen molar-refractivity contribution < 1.29 is 18.6 Å². The first-order valence-corrected chi connectivity index (χ1v) is 5.76. The minimum absolute atomic E-state index is 0.296. The highest BCUT2D eigenvalue weighted by Crippen LogP contribution is 2.34. The maximum atomic E-state index is 13.0. The van der Waals surface area contributed by atoms with Crippen LogP contribution in [0.15, 0.2) is 29.6 Å². The Morgan fingerprint density at radius 2 is 2.00 bits per heavy atom. The molecule has 2 rings (SSSR count). The fourth-order valence-corrected chi connectivity index (χ4v) is 2.38. The highest BCUT2D eigenvalue weighted by atomic mass is 32.1. The van der Waals surface area contributed by atoms with Crippen LogP contribution in [-0.4, -0.2) is 12.2 Å². The molecule has 2 nitrogen and oxygen atoms in total. The van der Waals surface area contributed by atoms with Crippen molar-refractivity contribution in [3.05, 3.63) is 51.7 Å². The van der Waals surface area contributed by atoms with Crippen molar-refractivity contribution in [1.82, 2.24) is 0 Å². The second kappa shape index (κ2) is 4.81. The number of ether oxygens (including phenoxy) is 1. The lowest BCUT2D eigenvalue weighted by atomic mass is 10.1. The molecule has 0 aliphatic carbocycles. The van der Waals surface area contributed by atoms with E-state index in [1.54, 1.807) is 11.4 Å². The Morgan fingerprint density at radius 1 is 1.24 bits per heavy atom. The Balaban J connectivity index is 2.36. The van der Waals surface area contributed by atoms with Gasteiger partial charge in [0.1, 0.15) is 11.9 Å². The molecule has 0 saturated heterocycles. The van der Waals surface area contributed by atoms with Gasteiger partial charge in [-0.15, -0.1) is 11.3 Å². The molecule has 0 spiro atoms. The summed E-state index contributed by atoms with van der Waals surface area (Å²) in [5.74, 6) is -1.37. The average molecular weight is 256 g/mol. The molecule has 0 saturated carbocycles. The van der Waals surface area contributed by atoms with E-state index < -0.39 is 17.7 Å². The number of hydrogen-bond acceptors (Lipinski definition) is 3. The van der Waals surface area contributed by atoms with Gasteiger partial charge in [0.25, 0.3) is 0 Å². The molecule has 0 fully saturated rings. The molecule has 0 aliphatic rings. The van der Waals surface area contributed by atoms with Crippen molar-refractivity contribution in [1.29, 1.82) is 0 Å². The molecule has 1 aromatic heterocycles. The van der Waals surface area contributed by atoms with Crippen LogP contribution in [-0.2, 0) is 0 Å². The normalized spacial score (nSPS) is 12.5. The zero-order valence-electron chi connectivity index (χ0n) is 8.98. The number of halogens is 2. The molecule has 1 atom stereocenters. The van der Waals surface area contributed by atoms with E-state index in [1.165, 1.54) is 24.5 Å². The lowest BCUT2D eigenvalue weighted by Gasteiger charge is -2.11. The van der Waals surface area contributed by atoms with Gasteiger partial charge in [0, 0.05) is 0 Å². The zero-order chi connectivity index (χ0) is 12.4. The van der Waals surface area contributed by atoms with Crippen molar-refractivity contribution >= 4 is 11.3 Å². The molecule has 1 heterocycles. The third-order valence-electron chi connectivity index (χ3n) is 2.38. The number of methoxy groups -OCH3 is 1. The summed E-state index contributed by atoms with van der Waals surface area (Å²) in [5.41, 5.74) is 0.296. The van der Waals surface area contributed by atoms with Gasteiger partial charge in [0.15, 0.2) is 11.6 Å². The molecule has 0 aliphatic heterocycles. The van der Waals surface area contributed by atoms with Gasteiger partial charge in [-0.2, -0.15) is 0 Å². The Morgan fingerprint density at radius 3 is 2.65 bits per heavy atom. The molecular formula is C12H10F2O2S. The number of thiophene rings is 1. The minimum atomic E-state index is -1.01. The summed E-state index contributed by atoms with van der Waals surface area (Å²) in [6.07, 6.45) is -1.01. The van der Waals surface area contributed by atoms with Crippen LogP contribution in [0.5, 0.6) is 5.75 Å². The van der Waals surface area contributed by atoms with Crippen LogP contribution in [0, 0.1) is 11.6 Å². The summed E-state index contributed by atoms with van der Waals surface area (Å²) in [7, 11) is 1.49. The molecule has 5 heteroatoms. The summed E-state index contributed by atoms with van der Waals surface area (Å²) in [4.78, 5) is 0.568. The zero-order valence-corrected chi connectivity index (χ0v) is 9.80. The van der Waals surface area contributed by atoms with Gasteiger partial charge in [-0.1, -0.05) is 6.07 Å². The molecule has 1 unspecified atom stereocenters. The van der Waals surface area contributed by atoms with Gasteiger partial charge in [-0.25, -0.2) is 8.78 Å². The van der Waals surface area contributed by atoms with E-state index in [4.69, 9.17) is 4.74 Å². The lowest BCUT2D eigenvalue weighted by molar-refractivity contribution is 0.218. The predicted molar refractivity (Wildman–Crippen MR) is 61.3 cm³/mol. The second-order valence-corrected chi connectivity index (χ2v) is 4.38. The fraction of sp³-hybridized carbons (Fsp3) is 0.167. The maximum absolute atomic E-state index is 13.0. The Kier molecular flexibility index (Phi) is 3.40. The van der Waals surface area contributed by atoms with E-state index >= 15 is 0 Å². The standard InChI is InChI=1S/C12H10F2O2S/c1-16-10-4-5-17-12(10)11(15)7-2-3-8(13)9(14)6-7/h2-6,11,15H,1H3. The summed E-state index contributed by atoms with van der Waals surface area (Å²) < 4.78 is 30.9. The number of aliphatic hydroxyl groups excluding tert-OH is 1. The van der Waals surface area contributed by atoms with E-state index in [0.717, 1.165) is 12.1 Å². The Bertz CT molecular complexity index is 525. The summed E-state index contributed by atoms with van der Waals surface area (Å²) in [6.45, 7) is 0. The Labute approximate surface area is 101 Å². The molecule has 0 amide bonds. The van der Waals surface area contributed by atoms with Crippen LogP contribution in [0.2, 0.25) is 0 Å². The van der Waals surface area contributed by atoms with Gasteiger partial charge in [-0.3, -0.25) is 0 Å². The van der Waals surface area contributed by atoms with Crippen LogP contribution in [0.4, 0.5) is 8.78 Å². The van der Waals surface area contributed by atoms with Gasteiger partial charge < -0.3 is 9.84 Å². The highest BCUT2D eigenvalue weighted by molar-refractivity contribution is 7.10. The third kappa shape index (κ3) is 2.30. The molecule has 1 aromatic carbocycles. The van der Waals surface area contributed by atoms with E-state index in [0.29, 0.717) is 16.2 Å². The molecular weight excluding hydrogens is 246 g/mol. The van der Waals surface area contributed by atoms with Gasteiger partial charge in [0.2, 0.25) is 0 Å². The van der Waals surface area contributed by atoms with Crippen LogP contribution in [0.3, 0.4) is 0 Å². The fourth-order valence-electron chi connectivity index (χ4n) is 1.51. The van der Waals surface area contributed by atoms with Crippen molar-refractivity contribution in [2.45, 2.75) is 6.10 Å². The maximum Gasteiger partial charge on any atom is 0.159 e. The quantitative estimate of drug-likeness (QED) is 0.914. The molecule has 17 heavy (non-hydrogen) atoms. The van der Waals surface area contributed by atoms with E-state index in [9.17, 15) is 13.9 Å². The molecule has 0 radical (unpaired) electrons. The Hall–Kier alpha value is -1.46. The average Bonchev–Trinajstić information content (AvgIpc) is 2.80. The monoisotopic (exact) mass is 256 g/mol. The van der Waals surface area contributed by atoms with Crippen molar-refractivity contribution in [2.24, 2.45) is 0 Å². The van der Waals surface area contributed by atoms with E-state index in [1.807, 2.05) is 0 Å². The SMILES string of the molecule is COc1ccsc1C(O)c1ccc(F)c(F)c1. The third-order valence-corrected chi connectivity index (χ3v) is 3.34. The first kappa shape index (κ1) is 12.0. The molecule has 1 N–H and O–H groups in total.